The van der Waals surface area contributed by atoms with Crippen LogP contribution >= 0.6 is 11.6 Å². The summed E-state index contributed by atoms with van der Waals surface area (Å²) in [6.45, 7) is 1.35. The van der Waals surface area contributed by atoms with E-state index in [-0.39, 0.29) is 45.6 Å². The van der Waals surface area contributed by atoms with Gasteiger partial charge in [0.15, 0.2) is 11.2 Å². The predicted octanol–water partition coefficient (Wildman–Crippen LogP) is 4.40. The molecular weight excluding hydrogens is 381 g/mol. The maximum absolute atomic E-state index is 15.0. The monoisotopic (exact) mass is 405 g/mol. The number of pyridine rings is 1. The lowest BCUT2D eigenvalue weighted by Crippen LogP contribution is -2.29. The van der Waals surface area contributed by atoms with E-state index in [1.54, 1.807) is 6.20 Å². The van der Waals surface area contributed by atoms with Crippen LogP contribution in [0.15, 0.2) is 17.1 Å². The van der Waals surface area contributed by atoms with Crippen LogP contribution in [0, 0.1) is 5.82 Å². The highest BCUT2D eigenvalue weighted by atomic mass is 35.5. The summed E-state index contributed by atoms with van der Waals surface area (Å²) in [4.78, 5) is 24.7. The lowest BCUT2D eigenvalue weighted by Gasteiger charge is -2.23. The molecule has 3 N–H and O–H groups in total. The quantitative estimate of drug-likeness (QED) is 0.583. The molecule has 5 nitrogen and oxygen atoms in total. The Labute approximate surface area is 168 Å². The number of nitrogens with one attached hydrogen (secondary N) is 1. The molecule has 2 fully saturated rings. The largest absolute Gasteiger partial charge is 0.379 e. The van der Waals surface area contributed by atoms with Gasteiger partial charge in [-0.25, -0.2) is 4.39 Å². The molecule has 1 aromatic heterocycles. The van der Waals surface area contributed by atoms with Crippen LogP contribution in [0.3, 0.4) is 0 Å². The van der Waals surface area contributed by atoms with E-state index in [1.807, 2.05) is 4.57 Å². The molecule has 0 spiro atoms. The van der Waals surface area contributed by atoms with E-state index in [0.717, 1.165) is 44.9 Å². The Kier molecular flexibility index (Phi) is 5.19. The summed E-state index contributed by atoms with van der Waals surface area (Å²) < 4.78 is 16.9. The van der Waals surface area contributed by atoms with Crippen molar-refractivity contribution in [1.29, 1.82) is 0 Å². The average Bonchev–Trinajstić information content (AvgIpc) is 3.47. The van der Waals surface area contributed by atoms with E-state index in [9.17, 15) is 14.0 Å². The zero-order valence-corrected chi connectivity index (χ0v) is 16.7. The van der Waals surface area contributed by atoms with Gasteiger partial charge in [-0.1, -0.05) is 24.4 Å². The molecule has 4 rings (SSSR count). The van der Waals surface area contributed by atoms with Gasteiger partial charge in [0.1, 0.15) is 5.82 Å². The van der Waals surface area contributed by atoms with Crippen LogP contribution in [0.25, 0.3) is 10.9 Å². The van der Waals surface area contributed by atoms with Crippen molar-refractivity contribution in [3.63, 3.8) is 0 Å². The number of Topliss-reactive ketones (excluding diaryl/α,β-unsaturated/α-hetero) is 1. The van der Waals surface area contributed by atoms with Crippen LogP contribution in [0.1, 0.15) is 68.3 Å². The van der Waals surface area contributed by atoms with Crippen molar-refractivity contribution in [1.82, 2.24) is 4.57 Å². The van der Waals surface area contributed by atoms with Crippen molar-refractivity contribution < 1.29 is 9.18 Å². The standard InChI is InChI=1S/C21H25ClFN3O2/c1-11(27)16-10-26(14-6-7-14)20-15(21(16)28)9-17(23)19(18(20)22)25-13-5-3-2-4-12(24)8-13/h9-10,12-14,25H,2-8,24H2,1H3/t12-,13?/m1/s1. The summed E-state index contributed by atoms with van der Waals surface area (Å²) >= 11 is 6.65. The molecule has 2 aromatic rings. The first-order chi connectivity index (χ1) is 13.4. The molecule has 2 atom stereocenters. The van der Waals surface area contributed by atoms with Crippen LogP contribution in [0.2, 0.25) is 5.02 Å². The molecule has 1 aromatic carbocycles. The Morgan fingerprint density at radius 2 is 2.00 bits per heavy atom. The van der Waals surface area contributed by atoms with E-state index in [1.165, 1.54) is 13.0 Å². The molecule has 0 radical (unpaired) electrons. The number of rotatable bonds is 4. The number of halogens is 2. The molecule has 7 heteroatoms. The molecule has 2 aliphatic rings. The van der Waals surface area contributed by atoms with Crippen molar-refractivity contribution in [2.24, 2.45) is 5.73 Å². The van der Waals surface area contributed by atoms with Crippen LogP contribution in [-0.2, 0) is 0 Å². The number of benzene rings is 1. The Balaban J connectivity index is 1.85. The fourth-order valence-corrected chi connectivity index (χ4v) is 4.54. The number of ketones is 1. The molecule has 150 valence electrons. The number of anilines is 1. The molecule has 0 bridgehead atoms. The molecule has 0 aliphatic heterocycles. The van der Waals surface area contributed by atoms with Crippen LogP contribution in [0.4, 0.5) is 10.1 Å². The van der Waals surface area contributed by atoms with Crippen LogP contribution in [0.5, 0.6) is 0 Å². The maximum Gasteiger partial charge on any atom is 0.200 e. The van der Waals surface area contributed by atoms with Gasteiger partial charge < -0.3 is 15.6 Å². The minimum Gasteiger partial charge on any atom is -0.379 e. The second kappa shape index (κ2) is 7.48. The van der Waals surface area contributed by atoms with Gasteiger partial charge in [0.05, 0.1) is 27.2 Å². The van der Waals surface area contributed by atoms with Gasteiger partial charge in [-0.2, -0.15) is 0 Å². The van der Waals surface area contributed by atoms with Gasteiger partial charge in [0.25, 0.3) is 0 Å². The molecule has 28 heavy (non-hydrogen) atoms. The van der Waals surface area contributed by atoms with Gasteiger partial charge in [-0.05, 0) is 45.1 Å². The highest BCUT2D eigenvalue weighted by molar-refractivity contribution is 6.38. The highest BCUT2D eigenvalue weighted by Gasteiger charge is 2.29. The maximum atomic E-state index is 15.0. The van der Waals surface area contributed by atoms with Gasteiger partial charge in [0.2, 0.25) is 0 Å². The highest BCUT2D eigenvalue weighted by Crippen LogP contribution is 2.41. The summed E-state index contributed by atoms with van der Waals surface area (Å²) in [5, 5.41) is 3.61. The van der Waals surface area contributed by atoms with Crippen LogP contribution < -0.4 is 16.5 Å². The van der Waals surface area contributed by atoms with Gasteiger partial charge in [-0.15, -0.1) is 0 Å². The number of hydrogen-bond donors (Lipinski definition) is 2. The third kappa shape index (κ3) is 3.55. The van der Waals surface area contributed by atoms with Crippen molar-refractivity contribution in [2.45, 2.75) is 70.0 Å². The summed E-state index contributed by atoms with van der Waals surface area (Å²) in [5.74, 6) is -0.900. The Bertz CT molecular complexity index is 1000. The Hall–Kier alpha value is -1.92. The van der Waals surface area contributed by atoms with Crippen molar-refractivity contribution >= 4 is 34.0 Å². The normalized spacial score (nSPS) is 22.9. The van der Waals surface area contributed by atoms with Crippen molar-refractivity contribution in [2.75, 3.05) is 5.32 Å². The minimum absolute atomic E-state index is 0.0412. The van der Waals surface area contributed by atoms with Gasteiger partial charge >= 0.3 is 0 Å². The summed E-state index contributed by atoms with van der Waals surface area (Å²) in [5.41, 5.74) is 6.46. The molecule has 1 heterocycles. The van der Waals surface area contributed by atoms with E-state index >= 15 is 0 Å². The zero-order chi connectivity index (χ0) is 20.0. The lowest BCUT2D eigenvalue weighted by molar-refractivity contribution is 0.101. The number of nitrogens with zero attached hydrogens (tertiary/aromatic N) is 1. The van der Waals surface area contributed by atoms with Crippen molar-refractivity contribution in [3.8, 4) is 0 Å². The first-order valence-electron chi connectivity index (χ1n) is 9.96. The van der Waals surface area contributed by atoms with E-state index in [4.69, 9.17) is 17.3 Å². The number of aromatic nitrogens is 1. The molecule has 1 unspecified atom stereocenters. The second-order valence-corrected chi connectivity index (χ2v) is 8.51. The average molecular weight is 406 g/mol. The Morgan fingerprint density at radius 3 is 2.68 bits per heavy atom. The first kappa shape index (κ1) is 19.4. The lowest BCUT2D eigenvalue weighted by atomic mass is 10.0. The summed E-state index contributed by atoms with van der Waals surface area (Å²) in [6.07, 6.45) is 8.22. The van der Waals surface area contributed by atoms with E-state index in [2.05, 4.69) is 5.32 Å². The second-order valence-electron chi connectivity index (χ2n) is 8.13. The zero-order valence-electron chi connectivity index (χ0n) is 15.9. The van der Waals surface area contributed by atoms with Gasteiger partial charge in [0, 0.05) is 24.3 Å². The number of carbonyl (C=O) groups is 1. The summed E-state index contributed by atoms with van der Waals surface area (Å²) in [6, 6.07) is 1.53. The minimum atomic E-state index is -0.574. The molecule has 2 aliphatic carbocycles. The molecular formula is C21H25ClFN3O2. The molecule has 0 saturated heterocycles. The van der Waals surface area contributed by atoms with Crippen molar-refractivity contribution in [3.05, 3.63) is 38.9 Å². The number of fused-ring (bicyclic) bond motifs is 1. The first-order valence-corrected chi connectivity index (χ1v) is 10.3. The summed E-state index contributed by atoms with van der Waals surface area (Å²) in [7, 11) is 0. The predicted molar refractivity (Wildman–Crippen MR) is 110 cm³/mol. The fraction of sp³-hybridized carbons (Fsp3) is 0.524. The SMILES string of the molecule is CC(=O)c1cn(C2CC2)c2c(Cl)c(NC3CCCC[C@@H](N)C3)c(F)cc2c1=O. The van der Waals surface area contributed by atoms with E-state index in [0.29, 0.717) is 5.52 Å². The third-order valence-corrected chi connectivity index (χ3v) is 6.21. The van der Waals surface area contributed by atoms with E-state index < -0.39 is 11.2 Å². The third-order valence-electron chi connectivity index (χ3n) is 5.84. The van der Waals surface area contributed by atoms with Gasteiger partial charge in [-0.3, -0.25) is 9.59 Å². The smallest absolute Gasteiger partial charge is 0.200 e. The number of hydrogen-bond acceptors (Lipinski definition) is 4. The topological polar surface area (TPSA) is 77.1 Å². The Morgan fingerprint density at radius 1 is 1.29 bits per heavy atom. The molecule has 0 amide bonds. The number of carbonyl (C=O) groups excluding carboxylic acids is 1. The van der Waals surface area contributed by atoms with Crippen LogP contribution in [-0.4, -0.2) is 22.4 Å². The fourth-order valence-electron chi connectivity index (χ4n) is 4.20. The number of nitrogens with two attached hydrogens (primary N) is 1. The molecule has 2 saturated carbocycles.